The van der Waals surface area contributed by atoms with Crippen LogP contribution < -0.4 is 0 Å². The predicted octanol–water partition coefficient (Wildman–Crippen LogP) is 2.88. The van der Waals surface area contributed by atoms with Crippen molar-refractivity contribution in [3.05, 3.63) is 35.0 Å². The van der Waals surface area contributed by atoms with Crippen LogP contribution in [0.1, 0.15) is 37.8 Å². The van der Waals surface area contributed by atoms with Crippen LogP contribution in [0.25, 0.3) is 11.5 Å². The number of sulfonamides is 1. The van der Waals surface area contributed by atoms with Gasteiger partial charge in [0.05, 0.1) is 17.6 Å². The SMILES string of the molecule is C[C@H]1CN(S(=O)(=O)CCCC(=O)O)CC[C@H]1c1[nH]c(-c2ccc(F)cn2)nc1Cl. The third-order valence-electron chi connectivity index (χ3n) is 5.08. The Morgan fingerprint density at radius 2 is 2.21 bits per heavy atom. The molecule has 0 saturated carbocycles. The summed E-state index contributed by atoms with van der Waals surface area (Å²) in [6.07, 6.45) is 1.57. The van der Waals surface area contributed by atoms with E-state index >= 15 is 0 Å². The van der Waals surface area contributed by atoms with E-state index in [1.807, 2.05) is 6.92 Å². The third-order valence-corrected chi connectivity index (χ3v) is 7.29. The highest BCUT2D eigenvalue weighted by Gasteiger charge is 2.35. The Kier molecular flexibility index (Phi) is 6.55. The van der Waals surface area contributed by atoms with Gasteiger partial charge in [-0.05, 0) is 30.9 Å². The number of nitrogens with zero attached hydrogens (tertiary/aromatic N) is 3. The van der Waals surface area contributed by atoms with Gasteiger partial charge in [-0.1, -0.05) is 18.5 Å². The molecule has 0 radical (unpaired) electrons. The third kappa shape index (κ3) is 5.12. The average molecular weight is 445 g/mol. The van der Waals surface area contributed by atoms with E-state index in [-0.39, 0.29) is 30.4 Å². The molecule has 0 spiro atoms. The van der Waals surface area contributed by atoms with Crippen LogP contribution in [0.3, 0.4) is 0 Å². The molecule has 1 saturated heterocycles. The summed E-state index contributed by atoms with van der Waals surface area (Å²) in [5, 5.41) is 8.99. The summed E-state index contributed by atoms with van der Waals surface area (Å²) >= 11 is 6.32. The molecule has 2 aromatic rings. The van der Waals surface area contributed by atoms with Gasteiger partial charge in [-0.15, -0.1) is 0 Å². The van der Waals surface area contributed by atoms with Crippen LogP contribution in [-0.2, 0) is 14.8 Å². The van der Waals surface area contributed by atoms with E-state index in [1.165, 1.54) is 16.4 Å². The van der Waals surface area contributed by atoms with Gasteiger partial charge in [0.2, 0.25) is 10.0 Å². The van der Waals surface area contributed by atoms with E-state index in [0.29, 0.717) is 41.9 Å². The molecular weight excluding hydrogens is 423 g/mol. The zero-order valence-electron chi connectivity index (χ0n) is 15.8. The summed E-state index contributed by atoms with van der Waals surface area (Å²) in [6, 6.07) is 2.79. The van der Waals surface area contributed by atoms with Crippen molar-refractivity contribution < 1.29 is 22.7 Å². The maximum atomic E-state index is 13.1. The van der Waals surface area contributed by atoms with Gasteiger partial charge in [0, 0.05) is 25.4 Å². The highest BCUT2D eigenvalue weighted by atomic mass is 35.5. The maximum Gasteiger partial charge on any atom is 0.303 e. The quantitative estimate of drug-likeness (QED) is 0.678. The van der Waals surface area contributed by atoms with Gasteiger partial charge in [-0.2, -0.15) is 0 Å². The summed E-state index contributed by atoms with van der Waals surface area (Å²) in [7, 11) is -3.50. The first kappa shape index (κ1) is 21.7. The zero-order valence-corrected chi connectivity index (χ0v) is 17.4. The molecule has 2 atom stereocenters. The fourth-order valence-electron chi connectivity index (χ4n) is 3.57. The Morgan fingerprint density at radius 1 is 1.45 bits per heavy atom. The monoisotopic (exact) mass is 444 g/mol. The summed E-state index contributed by atoms with van der Waals surface area (Å²) in [5.74, 6) is -1.24. The molecule has 0 amide bonds. The number of aromatic nitrogens is 3. The van der Waals surface area contributed by atoms with Gasteiger partial charge in [-0.3, -0.25) is 4.79 Å². The molecule has 1 aliphatic rings. The second kappa shape index (κ2) is 8.76. The topological polar surface area (TPSA) is 116 Å². The molecule has 8 nitrogen and oxygen atoms in total. The van der Waals surface area contributed by atoms with Gasteiger partial charge < -0.3 is 10.1 Å². The van der Waals surface area contributed by atoms with Crippen molar-refractivity contribution in [2.24, 2.45) is 5.92 Å². The molecule has 3 heterocycles. The van der Waals surface area contributed by atoms with Crippen molar-refractivity contribution in [2.75, 3.05) is 18.8 Å². The number of halogens is 2. The summed E-state index contributed by atoms with van der Waals surface area (Å²) < 4.78 is 39.5. The summed E-state index contributed by atoms with van der Waals surface area (Å²) in [5.41, 5.74) is 1.17. The molecule has 0 aliphatic carbocycles. The fourth-order valence-corrected chi connectivity index (χ4v) is 5.46. The van der Waals surface area contributed by atoms with E-state index in [9.17, 15) is 17.6 Å². The number of aliphatic carboxylic acids is 1. The van der Waals surface area contributed by atoms with Gasteiger partial charge >= 0.3 is 5.97 Å². The number of imidazole rings is 1. The predicted molar refractivity (Wildman–Crippen MR) is 106 cm³/mol. The number of hydrogen-bond acceptors (Lipinski definition) is 5. The number of piperidine rings is 1. The standard InChI is InChI=1S/C18H22ClFN4O4S/c1-11-10-24(29(27,28)8-2-3-15(25)26)7-6-13(11)16-17(19)23-18(22-16)14-5-4-12(20)9-21-14/h4-5,9,11,13H,2-3,6-8,10H2,1H3,(H,22,23)(H,25,26)/t11-,13+/m0/s1. The number of H-pyrrole nitrogens is 1. The van der Waals surface area contributed by atoms with E-state index in [4.69, 9.17) is 16.7 Å². The minimum atomic E-state index is -3.50. The first-order chi connectivity index (χ1) is 13.7. The van der Waals surface area contributed by atoms with Crippen molar-refractivity contribution in [3.8, 4) is 11.5 Å². The number of aromatic amines is 1. The molecule has 11 heteroatoms. The number of pyridine rings is 1. The summed E-state index contributed by atoms with van der Waals surface area (Å²) in [4.78, 5) is 22.0. The zero-order chi connectivity index (χ0) is 21.2. The normalized spacial score (nSPS) is 20.7. The second-order valence-electron chi connectivity index (χ2n) is 7.20. The smallest absolute Gasteiger partial charge is 0.303 e. The lowest BCUT2D eigenvalue weighted by Crippen LogP contribution is -2.43. The molecule has 0 bridgehead atoms. The van der Waals surface area contributed by atoms with Crippen molar-refractivity contribution in [1.82, 2.24) is 19.3 Å². The minimum Gasteiger partial charge on any atom is -0.481 e. The van der Waals surface area contributed by atoms with Crippen LogP contribution in [-0.4, -0.2) is 57.6 Å². The molecule has 1 aliphatic heterocycles. The Labute approximate surface area is 173 Å². The molecule has 1 fully saturated rings. The lowest BCUT2D eigenvalue weighted by atomic mass is 9.86. The lowest BCUT2D eigenvalue weighted by molar-refractivity contribution is -0.137. The molecule has 2 aromatic heterocycles. The molecule has 158 valence electrons. The Balaban J connectivity index is 1.70. The molecule has 0 aromatic carbocycles. The van der Waals surface area contributed by atoms with Crippen molar-refractivity contribution in [1.29, 1.82) is 0 Å². The molecule has 2 N–H and O–H groups in total. The largest absolute Gasteiger partial charge is 0.481 e. The van der Waals surface area contributed by atoms with Gasteiger partial charge in [-0.25, -0.2) is 27.1 Å². The van der Waals surface area contributed by atoms with E-state index < -0.39 is 21.8 Å². The molecule has 3 rings (SSSR count). The van der Waals surface area contributed by atoms with Crippen LogP contribution in [0.5, 0.6) is 0 Å². The van der Waals surface area contributed by atoms with Crippen LogP contribution in [0, 0.1) is 11.7 Å². The van der Waals surface area contributed by atoms with Crippen LogP contribution >= 0.6 is 11.6 Å². The Bertz CT molecular complexity index is 980. The number of carbonyl (C=O) groups is 1. The van der Waals surface area contributed by atoms with E-state index in [1.54, 1.807) is 0 Å². The average Bonchev–Trinajstić information content (AvgIpc) is 3.03. The van der Waals surface area contributed by atoms with Gasteiger partial charge in [0.15, 0.2) is 11.0 Å². The van der Waals surface area contributed by atoms with E-state index in [2.05, 4.69) is 15.0 Å². The highest BCUT2D eigenvalue weighted by Crippen LogP contribution is 2.37. The first-order valence-electron chi connectivity index (χ1n) is 9.24. The lowest BCUT2D eigenvalue weighted by Gasteiger charge is -2.35. The van der Waals surface area contributed by atoms with Crippen molar-refractivity contribution in [3.63, 3.8) is 0 Å². The molecule has 0 unspecified atom stereocenters. The van der Waals surface area contributed by atoms with E-state index in [0.717, 1.165) is 6.20 Å². The molecular formula is C18H22ClFN4O4S. The number of rotatable bonds is 7. The van der Waals surface area contributed by atoms with Gasteiger partial charge in [0.25, 0.3) is 0 Å². The Morgan fingerprint density at radius 3 is 2.83 bits per heavy atom. The number of carboxylic acids is 1. The number of carboxylic acid groups (broad SMARTS) is 1. The summed E-state index contributed by atoms with van der Waals surface area (Å²) in [6.45, 7) is 2.58. The number of hydrogen-bond donors (Lipinski definition) is 2. The van der Waals surface area contributed by atoms with Crippen LogP contribution in [0.2, 0.25) is 5.15 Å². The second-order valence-corrected chi connectivity index (χ2v) is 9.64. The Hall–Kier alpha value is -2.04. The first-order valence-corrected chi connectivity index (χ1v) is 11.2. The molecule has 29 heavy (non-hydrogen) atoms. The van der Waals surface area contributed by atoms with Crippen LogP contribution in [0.4, 0.5) is 4.39 Å². The number of nitrogens with one attached hydrogen (secondary N) is 1. The van der Waals surface area contributed by atoms with Gasteiger partial charge in [0.1, 0.15) is 11.5 Å². The van der Waals surface area contributed by atoms with Crippen molar-refractivity contribution >= 4 is 27.6 Å². The highest BCUT2D eigenvalue weighted by molar-refractivity contribution is 7.89. The van der Waals surface area contributed by atoms with Crippen LogP contribution in [0.15, 0.2) is 18.3 Å². The fraction of sp³-hybridized carbons (Fsp3) is 0.500. The van der Waals surface area contributed by atoms with Crippen molar-refractivity contribution in [2.45, 2.75) is 32.1 Å². The minimum absolute atomic E-state index is 0.0188. The maximum absolute atomic E-state index is 13.1.